The van der Waals surface area contributed by atoms with E-state index in [0.717, 1.165) is 18.2 Å². The molecule has 3 rings (SSSR count). The first-order chi connectivity index (χ1) is 19.4. The Kier molecular flexibility index (Phi) is 10.2. The molecule has 0 aliphatic heterocycles. The molecule has 0 aliphatic rings. The van der Waals surface area contributed by atoms with Gasteiger partial charge in [0.15, 0.2) is 0 Å². The number of amides is 1. The van der Waals surface area contributed by atoms with Crippen LogP contribution in [0.25, 0.3) is 10.8 Å². The van der Waals surface area contributed by atoms with Gasteiger partial charge in [-0.25, -0.2) is 4.79 Å². The molecule has 0 saturated heterocycles. The van der Waals surface area contributed by atoms with Crippen LogP contribution in [0, 0.1) is 0 Å². The van der Waals surface area contributed by atoms with Crippen molar-refractivity contribution in [2.24, 2.45) is 0 Å². The maximum absolute atomic E-state index is 12.1. The number of aliphatic carboxylic acids is 1. The third kappa shape index (κ3) is 9.16. The Morgan fingerprint density at radius 3 is 1.93 bits per heavy atom. The van der Waals surface area contributed by atoms with Crippen LogP contribution in [0.4, 0.5) is 11.4 Å². The average molecular weight is 649 g/mol. The molecule has 0 spiro atoms. The van der Waals surface area contributed by atoms with Crippen molar-refractivity contribution in [3.63, 3.8) is 0 Å². The molecule has 19 heteroatoms. The molecule has 0 saturated carbocycles. The van der Waals surface area contributed by atoms with Crippen molar-refractivity contribution in [3.05, 3.63) is 54.1 Å². The van der Waals surface area contributed by atoms with Gasteiger partial charge in [-0.05, 0) is 47.3 Å². The topological polar surface area (TPSA) is 260 Å². The summed E-state index contributed by atoms with van der Waals surface area (Å²) in [5.41, 5.74) is 0.546. The van der Waals surface area contributed by atoms with Crippen LogP contribution in [0.3, 0.4) is 0 Å². The monoisotopic (exact) mass is 648 g/mol. The smallest absolute Gasteiger partial charge is 0.329 e. The molecule has 16 nitrogen and oxygen atoms in total. The zero-order valence-electron chi connectivity index (χ0n) is 21.3. The van der Waals surface area contributed by atoms with Crippen LogP contribution in [0.15, 0.2) is 63.2 Å². The Morgan fingerprint density at radius 2 is 1.36 bits per heavy atom. The largest absolute Gasteiger partial charge is 0.480 e. The van der Waals surface area contributed by atoms with Crippen molar-refractivity contribution < 1.29 is 63.1 Å². The molecule has 3 aromatic rings. The number of carbonyl (C=O) groups is 2. The lowest BCUT2D eigenvalue weighted by Crippen LogP contribution is -2.20. The maximum Gasteiger partial charge on any atom is 0.329 e. The zero-order chi connectivity index (χ0) is 31.3. The molecule has 0 aromatic heterocycles. The fourth-order valence-corrected chi connectivity index (χ4v) is 5.58. The summed E-state index contributed by atoms with van der Waals surface area (Å²) in [5.74, 6) is -1.69. The summed E-state index contributed by atoms with van der Waals surface area (Å²) in [4.78, 5) is 19.8. The molecule has 0 unspecified atom stereocenters. The van der Waals surface area contributed by atoms with Gasteiger partial charge in [-0.3, -0.25) is 18.5 Å². The summed E-state index contributed by atoms with van der Waals surface area (Å²) >= 11 is 0. The fourth-order valence-electron chi connectivity index (χ4n) is 3.66. The SMILES string of the molecule is O=C(O)COCCOCC(=O)Nc1cccc(CNc2cc(S(=O)(=O)O)cc3cc(S(=O)(=O)O)cc(S(=O)(=O)O)c23)c1. The Labute approximate surface area is 239 Å². The van der Waals surface area contributed by atoms with Gasteiger partial charge < -0.3 is 25.2 Å². The summed E-state index contributed by atoms with van der Waals surface area (Å²) in [6, 6.07) is 9.07. The molecule has 6 N–H and O–H groups in total. The highest BCUT2D eigenvalue weighted by molar-refractivity contribution is 7.87. The van der Waals surface area contributed by atoms with E-state index in [1.54, 1.807) is 18.2 Å². The summed E-state index contributed by atoms with van der Waals surface area (Å²) in [6.07, 6.45) is 0. The van der Waals surface area contributed by atoms with E-state index >= 15 is 0 Å². The number of fused-ring (bicyclic) bond motifs is 1. The molecule has 0 fully saturated rings. The maximum atomic E-state index is 12.1. The van der Waals surface area contributed by atoms with E-state index in [2.05, 4.69) is 10.6 Å². The Hall–Kier alpha value is -3.69. The number of carboxylic acid groups (broad SMARTS) is 1. The van der Waals surface area contributed by atoms with Crippen molar-refractivity contribution in [1.29, 1.82) is 0 Å². The third-order valence-corrected chi connectivity index (χ3v) is 7.90. The second-order valence-corrected chi connectivity index (χ2v) is 12.7. The molecule has 1 amide bonds. The molecular weight excluding hydrogens is 624 g/mol. The number of hydrogen-bond acceptors (Lipinski definition) is 11. The molecule has 0 bridgehead atoms. The van der Waals surface area contributed by atoms with E-state index in [9.17, 15) is 48.5 Å². The van der Waals surface area contributed by atoms with Crippen molar-refractivity contribution >= 4 is 64.4 Å². The van der Waals surface area contributed by atoms with Crippen LogP contribution in [-0.4, -0.2) is 82.3 Å². The van der Waals surface area contributed by atoms with Crippen LogP contribution in [0.2, 0.25) is 0 Å². The van der Waals surface area contributed by atoms with E-state index in [4.69, 9.17) is 14.6 Å². The normalized spacial score (nSPS) is 12.3. The molecule has 0 aliphatic carbocycles. The summed E-state index contributed by atoms with van der Waals surface area (Å²) in [7, 11) is -15.0. The van der Waals surface area contributed by atoms with E-state index in [0.29, 0.717) is 17.3 Å². The van der Waals surface area contributed by atoms with Crippen LogP contribution in [-0.2, 0) is 56.0 Å². The highest BCUT2D eigenvalue weighted by Crippen LogP contribution is 2.35. The first-order valence-corrected chi connectivity index (χ1v) is 15.8. The standard InChI is InChI=1S/C23H24N2O14S3/c26-21(12-38-4-5-39-13-22(27)28)25-16-3-1-2-14(6-16)11-24-19-9-17(40(29,30)31)7-15-8-18(41(32,33)34)10-20(23(15)19)42(35,36)37/h1-3,6-10,24H,4-5,11-13H2,(H,25,26)(H,27,28)(H,29,30,31)(H,32,33,34)(H,35,36,37). The van der Waals surface area contributed by atoms with Gasteiger partial charge in [0.05, 0.1) is 23.0 Å². The second kappa shape index (κ2) is 13.1. The number of carbonyl (C=O) groups excluding carboxylic acids is 1. The van der Waals surface area contributed by atoms with Gasteiger partial charge in [-0.1, -0.05) is 12.1 Å². The minimum Gasteiger partial charge on any atom is -0.480 e. The van der Waals surface area contributed by atoms with Crippen LogP contribution < -0.4 is 10.6 Å². The molecule has 0 atom stereocenters. The molecule has 3 aromatic carbocycles. The number of benzene rings is 3. The minimum atomic E-state index is -5.12. The van der Waals surface area contributed by atoms with Crippen molar-refractivity contribution in [1.82, 2.24) is 0 Å². The number of rotatable bonds is 14. The van der Waals surface area contributed by atoms with Gasteiger partial charge in [0, 0.05) is 23.3 Å². The predicted octanol–water partition coefficient (Wildman–Crippen LogP) is 1.25. The first kappa shape index (κ1) is 32.8. The lowest BCUT2D eigenvalue weighted by molar-refractivity contribution is -0.143. The molecule has 228 valence electrons. The average Bonchev–Trinajstić information content (AvgIpc) is 2.86. The lowest BCUT2D eigenvalue weighted by Gasteiger charge is -2.15. The van der Waals surface area contributed by atoms with Crippen LogP contribution >= 0.6 is 0 Å². The number of anilines is 2. The van der Waals surface area contributed by atoms with Crippen molar-refractivity contribution in [2.75, 3.05) is 37.1 Å². The molecule has 0 radical (unpaired) electrons. The lowest BCUT2D eigenvalue weighted by atomic mass is 10.1. The van der Waals surface area contributed by atoms with Gasteiger partial charge in [0.2, 0.25) is 5.91 Å². The summed E-state index contributed by atoms with van der Waals surface area (Å²) in [5, 5.41) is 13.1. The van der Waals surface area contributed by atoms with Crippen LogP contribution in [0.5, 0.6) is 0 Å². The fraction of sp³-hybridized carbons (Fsp3) is 0.217. The third-order valence-electron chi connectivity index (χ3n) is 5.36. The van der Waals surface area contributed by atoms with E-state index in [-0.39, 0.29) is 42.8 Å². The Bertz CT molecular complexity index is 1830. The Morgan fingerprint density at radius 1 is 0.762 bits per heavy atom. The summed E-state index contributed by atoms with van der Waals surface area (Å²) < 4.78 is 110. The number of ether oxygens (including phenoxy) is 2. The van der Waals surface area contributed by atoms with Gasteiger partial charge >= 0.3 is 5.97 Å². The van der Waals surface area contributed by atoms with E-state index < -0.39 is 63.5 Å². The highest BCUT2D eigenvalue weighted by Gasteiger charge is 2.24. The second-order valence-electron chi connectivity index (χ2n) is 8.52. The van der Waals surface area contributed by atoms with Gasteiger partial charge in [0.1, 0.15) is 18.1 Å². The van der Waals surface area contributed by atoms with Gasteiger partial charge in [-0.2, -0.15) is 25.3 Å². The summed E-state index contributed by atoms with van der Waals surface area (Å²) in [6.45, 7) is -1.06. The highest BCUT2D eigenvalue weighted by atomic mass is 32.2. The van der Waals surface area contributed by atoms with Crippen LogP contribution in [0.1, 0.15) is 5.56 Å². The predicted molar refractivity (Wildman–Crippen MR) is 145 cm³/mol. The minimum absolute atomic E-state index is 0.0293. The van der Waals surface area contributed by atoms with E-state index in [1.165, 1.54) is 6.07 Å². The van der Waals surface area contributed by atoms with Gasteiger partial charge in [-0.15, -0.1) is 0 Å². The molecule has 42 heavy (non-hydrogen) atoms. The van der Waals surface area contributed by atoms with Crippen molar-refractivity contribution in [3.8, 4) is 0 Å². The first-order valence-electron chi connectivity index (χ1n) is 11.5. The number of nitrogens with one attached hydrogen (secondary N) is 2. The van der Waals surface area contributed by atoms with Gasteiger partial charge in [0.25, 0.3) is 30.4 Å². The molecular formula is C23H24N2O14S3. The molecule has 0 heterocycles. The zero-order valence-corrected chi connectivity index (χ0v) is 23.7. The number of carboxylic acids is 1. The Balaban J connectivity index is 1.87. The van der Waals surface area contributed by atoms with E-state index in [1.807, 2.05) is 0 Å². The quantitative estimate of drug-likeness (QED) is 0.106. The number of hydrogen-bond donors (Lipinski definition) is 6. The van der Waals surface area contributed by atoms with Crippen molar-refractivity contribution in [2.45, 2.75) is 21.2 Å².